The Morgan fingerprint density at radius 2 is 2.10 bits per heavy atom. The molecule has 0 saturated heterocycles. The number of benzene rings is 1. The zero-order valence-corrected chi connectivity index (χ0v) is 13.2. The molecular formula is C14H22N2O4S. The van der Waals surface area contributed by atoms with Crippen molar-refractivity contribution in [1.29, 1.82) is 0 Å². The van der Waals surface area contributed by atoms with Crippen LogP contribution in [0.1, 0.15) is 25.3 Å². The smallest absolute Gasteiger partial charge is 0.305 e. The molecule has 7 heteroatoms. The fraction of sp³-hybridized carbons (Fsp3) is 0.500. The summed E-state index contributed by atoms with van der Waals surface area (Å²) in [6.45, 7) is 3.55. The predicted octanol–water partition coefficient (Wildman–Crippen LogP) is 1.49. The van der Waals surface area contributed by atoms with Crippen LogP contribution in [0, 0.1) is 0 Å². The average molecular weight is 314 g/mol. The van der Waals surface area contributed by atoms with Gasteiger partial charge in [-0.25, -0.2) is 8.42 Å². The predicted molar refractivity (Wildman–Crippen MR) is 82.5 cm³/mol. The second-order valence-electron chi connectivity index (χ2n) is 4.58. The van der Waals surface area contributed by atoms with E-state index in [0.29, 0.717) is 12.2 Å². The molecule has 0 aliphatic rings. The van der Waals surface area contributed by atoms with Crippen LogP contribution in [0.4, 0.5) is 5.69 Å². The summed E-state index contributed by atoms with van der Waals surface area (Å²) >= 11 is 0. The molecule has 0 radical (unpaired) electrons. The van der Waals surface area contributed by atoms with Crippen LogP contribution in [-0.2, 0) is 26.1 Å². The Hall–Kier alpha value is -1.60. The summed E-state index contributed by atoms with van der Waals surface area (Å²) < 4.78 is 30.8. The Bertz CT molecular complexity index is 558. The number of methoxy groups -OCH3 is 1. The van der Waals surface area contributed by atoms with Crippen molar-refractivity contribution < 1.29 is 17.9 Å². The molecule has 0 aliphatic heterocycles. The summed E-state index contributed by atoms with van der Waals surface area (Å²) in [6, 6.07) is 7.23. The van der Waals surface area contributed by atoms with Crippen LogP contribution in [0.2, 0.25) is 0 Å². The van der Waals surface area contributed by atoms with Gasteiger partial charge in [-0.3, -0.25) is 9.52 Å². The monoisotopic (exact) mass is 314 g/mol. The van der Waals surface area contributed by atoms with Gasteiger partial charge in [0.1, 0.15) is 0 Å². The molecule has 1 rings (SSSR count). The molecule has 6 nitrogen and oxygen atoms in total. The first kappa shape index (κ1) is 17.5. The summed E-state index contributed by atoms with van der Waals surface area (Å²) in [6.07, 6.45) is 0.330. The van der Waals surface area contributed by atoms with Crippen molar-refractivity contribution in [2.45, 2.75) is 26.3 Å². The molecule has 0 aromatic heterocycles. The van der Waals surface area contributed by atoms with Gasteiger partial charge in [-0.05, 0) is 30.7 Å². The standard InChI is InChI=1S/C14H22N2O4S/c1-3-15-11-12-6-4-7-13(10-12)16-21(18,19)9-5-8-14(17)20-2/h4,6-7,10,15-16H,3,5,8-9,11H2,1-2H3. The molecule has 0 fully saturated rings. The highest BCUT2D eigenvalue weighted by Gasteiger charge is 2.12. The first-order chi connectivity index (χ1) is 9.96. The van der Waals surface area contributed by atoms with Gasteiger partial charge in [-0.1, -0.05) is 19.1 Å². The van der Waals surface area contributed by atoms with Gasteiger partial charge in [0.15, 0.2) is 0 Å². The number of esters is 1. The number of carbonyl (C=O) groups excluding carboxylic acids is 1. The zero-order valence-electron chi connectivity index (χ0n) is 12.4. The van der Waals surface area contributed by atoms with Gasteiger partial charge in [0.25, 0.3) is 0 Å². The van der Waals surface area contributed by atoms with Gasteiger partial charge in [0, 0.05) is 18.7 Å². The van der Waals surface area contributed by atoms with Gasteiger partial charge in [0.05, 0.1) is 12.9 Å². The second-order valence-corrected chi connectivity index (χ2v) is 6.42. The van der Waals surface area contributed by atoms with E-state index in [4.69, 9.17) is 0 Å². The summed E-state index contributed by atoms with van der Waals surface area (Å²) in [5, 5.41) is 3.18. The van der Waals surface area contributed by atoms with Crippen LogP contribution in [0.3, 0.4) is 0 Å². The highest BCUT2D eigenvalue weighted by Crippen LogP contribution is 2.13. The Morgan fingerprint density at radius 1 is 1.33 bits per heavy atom. The van der Waals surface area contributed by atoms with Crippen LogP contribution in [0.5, 0.6) is 0 Å². The molecule has 2 N–H and O–H groups in total. The summed E-state index contributed by atoms with van der Waals surface area (Å²) in [7, 11) is -2.17. The van der Waals surface area contributed by atoms with E-state index in [2.05, 4.69) is 14.8 Å². The lowest BCUT2D eigenvalue weighted by Gasteiger charge is -2.09. The molecule has 0 aliphatic carbocycles. The van der Waals surface area contributed by atoms with Crippen LogP contribution >= 0.6 is 0 Å². The Morgan fingerprint density at radius 3 is 2.76 bits per heavy atom. The third-order valence-corrected chi connectivity index (χ3v) is 4.17. The van der Waals surface area contributed by atoms with Crippen LogP contribution in [0.15, 0.2) is 24.3 Å². The zero-order chi connectivity index (χ0) is 15.7. The van der Waals surface area contributed by atoms with Crippen molar-refractivity contribution in [2.75, 3.05) is 24.1 Å². The van der Waals surface area contributed by atoms with Gasteiger partial charge in [-0.15, -0.1) is 0 Å². The van der Waals surface area contributed by atoms with E-state index in [-0.39, 0.29) is 18.6 Å². The van der Waals surface area contributed by atoms with Crippen molar-refractivity contribution in [3.63, 3.8) is 0 Å². The lowest BCUT2D eigenvalue weighted by Crippen LogP contribution is -2.18. The first-order valence-corrected chi connectivity index (χ1v) is 8.49. The summed E-state index contributed by atoms with van der Waals surface area (Å²) in [5.74, 6) is -0.516. The number of rotatable bonds is 9. The van der Waals surface area contributed by atoms with E-state index in [9.17, 15) is 13.2 Å². The molecule has 0 atom stereocenters. The highest BCUT2D eigenvalue weighted by molar-refractivity contribution is 7.92. The molecule has 1 aromatic carbocycles. The molecule has 0 bridgehead atoms. The minimum absolute atomic E-state index is 0.0951. The molecule has 118 valence electrons. The maximum Gasteiger partial charge on any atom is 0.305 e. The maximum atomic E-state index is 11.9. The molecule has 0 amide bonds. The van der Waals surface area contributed by atoms with E-state index < -0.39 is 16.0 Å². The van der Waals surface area contributed by atoms with Crippen molar-refractivity contribution in [2.24, 2.45) is 0 Å². The van der Waals surface area contributed by atoms with Crippen molar-refractivity contribution >= 4 is 21.7 Å². The lowest BCUT2D eigenvalue weighted by molar-refractivity contribution is -0.140. The first-order valence-electron chi connectivity index (χ1n) is 6.84. The number of anilines is 1. The number of ether oxygens (including phenoxy) is 1. The summed E-state index contributed by atoms with van der Waals surface area (Å²) in [5.41, 5.74) is 1.54. The minimum Gasteiger partial charge on any atom is -0.469 e. The van der Waals surface area contributed by atoms with Crippen LogP contribution < -0.4 is 10.0 Å². The van der Waals surface area contributed by atoms with Crippen molar-refractivity contribution in [1.82, 2.24) is 5.32 Å². The third-order valence-electron chi connectivity index (χ3n) is 2.80. The van der Waals surface area contributed by atoms with E-state index >= 15 is 0 Å². The van der Waals surface area contributed by atoms with Gasteiger partial charge >= 0.3 is 5.97 Å². The highest BCUT2D eigenvalue weighted by atomic mass is 32.2. The lowest BCUT2D eigenvalue weighted by atomic mass is 10.2. The topological polar surface area (TPSA) is 84.5 Å². The van der Waals surface area contributed by atoms with Crippen molar-refractivity contribution in [3.05, 3.63) is 29.8 Å². The number of nitrogens with one attached hydrogen (secondary N) is 2. The van der Waals surface area contributed by atoms with E-state index in [1.165, 1.54) is 7.11 Å². The van der Waals surface area contributed by atoms with E-state index in [0.717, 1.165) is 12.1 Å². The molecule has 0 saturated carbocycles. The molecule has 0 unspecified atom stereocenters. The van der Waals surface area contributed by atoms with Crippen LogP contribution in [0.25, 0.3) is 0 Å². The normalized spacial score (nSPS) is 11.1. The third kappa shape index (κ3) is 7.10. The second kappa shape index (κ2) is 8.63. The molecule has 21 heavy (non-hydrogen) atoms. The number of carbonyl (C=O) groups is 1. The van der Waals surface area contributed by atoms with Gasteiger partial charge in [-0.2, -0.15) is 0 Å². The number of sulfonamides is 1. The molecule has 0 spiro atoms. The maximum absolute atomic E-state index is 11.9. The number of hydrogen-bond acceptors (Lipinski definition) is 5. The largest absolute Gasteiger partial charge is 0.469 e. The Balaban J connectivity index is 2.56. The minimum atomic E-state index is -3.45. The average Bonchev–Trinajstić information content (AvgIpc) is 2.44. The fourth-order valence-electron chi connectivity index (χ4n) is 1.75. The van der Waals surface area contributed by atoms with Gasteiger partial charge < -0.3 is 10.1 Å². The Kier molecular flexibility index (Phi) is 7.18. The quantitative estimate of drug-likeness (QED) is 0.675. The fourth-order valence-corrected chi connectivity index (χ4v) is 2.87. The van der Waals surface area contributed by atoms with E-state index in [1.807, 2.05) is 13.0 Å². The van der Waals surface area contributed by atoms with Gasteiger partial charge in [0.2, 0.25) is 10.0 Å². The van der Waals surface area contributed by atoms with Crippen molar-refractivity contribution in [3.8, 4) is 0 Å². The van der Waals surface area contributed by atoms with Crippen LogP contribution in [-0.4, -0.2) is 33.8 Å². The Labute approximate surface area is 125 Å². The SMILES string of the molecule is CCNCc1cccc(NS(=O)(=O)CCCC(=O)OC)c1. The van der Waals surface area contributed by atoms with E-state index in [1.54, 1.807) is 18.2 Å². The number of hydrogen-bond donors (Lipinski definition) is 2. The molecular weight excluding hydrogens is 292 g/mol. The molecule has 1 aromatic rings. The summed E-state index contributed by atoms with van der Waals surface area (Å²) in [4.78, 5) is 11.0. The molecule has 0 heterocycles.